The molecule has 13 heavy (non-hydrogen) atoms. The highest BCUT2D eigenvalue weighted by molar-refractivity contribution is 9.10. The summed E-state index contributed by atoms with van der Waals surface area (Å²) in [5.41, 5.74) is 3.96. The molecule has 70 valence electrons. The molecule has 0 aliphatic rings. The molecule has 0 amide bonds. The summed E-state index contributed by atoms with van der Waals surface area (Å²) in [5, 5.41) is 4.08. The maximum atomic E-state index is 4.08. The van der Waals surface area contributed by atoms with E-state index in [9.17, 15) is 0 Å². The topological polar surface area (TPSA) is 24.4 Å². The van der Waals surface area contributed by atoms with E-state index in [1.807, 2.05) is 30.5 Å². The maximum Gasteiger partial charge on any atom is 0.0572 e. The van der Waals surface area contributed by atoms with E-state index >= 15 is 0 Å². The second kappa shape index (κ2) is 5.75. The smallest absolute Gasteiger partial charge is 0.0572 e. The zero-order valence-corrected chi connectivity index (χ0v) is 9.21. The lowest BCUT2D eigenvalue weighted by atomic mass is 10.3. The van der Waals surface area contributed by atoms with Crippen molar-refractivity contribution < 1.29 is 0 Å². The van der Waals surface area contributed by atoms with Gasteiger partial charge in [0.25, 0.3) is 0 Å². The molecule has 0 bridgehead atoms. The molecule has 1 aromatic carbocycles. The van der Waals surface area contributed by atoms with E-state index < -0.39 is 0 Å². The van der Waals surface area contributed by atoms with Gasteiger partial charge in [0, 0.05) is 10.7 Å². The van der Waals surface area contributed by atoms with Crippen molar-refractivity contribution in [3.05, 3.63) is 28.7 Å². The maximum absolute atomic E-state index is 4.08. The monoisotopic (exact) mass is 240 g/mol. The predicted molar refractivity (Wildman–Crippen MR) is 61.2 cm³/mol. The summed E-state index contributed by atoms with van der Waals surface area (Å²) in [6.07, 6.45) is 4.03. The average Bonchev–Trinajstić information content (AvgIpc) is 2.13. The highest BCUT2D eigenvalue weighted by Gasteiger charge is 1.89. The van der Waals surface area contributed by atoms with Crippen molar-refractivity contribution in [3.8, 4) is 0 Å². The third-order valence-corrected chi connectivity index (χ3v) is 2.02. The minimum absolute atomic E-state index is 1.00. The van der Waals surface area contributed by atoms with E-state index in [1.165, 1.54) is 0 Å². The Morgan fingerprint density at radius 3 is 3.08 bits per heavy atom. The number of nitrogens with zero attached hydrogens (tertiary/aromatic N) is 1. The fourth-order valence-electron chi connectivity index (χ4n) is 0.872. The molecule has 0 saturated heterocycles. The lowest BCUT2D eigenvalue weighted by Crippen LogP contribution is -1.88. The number of hydrazone groups is 1. The fraction of sp³-hybridized carbons (Fsp3) is 0.300. The second-order valence-corrected chi connectivity index (χ2v) is 3.64. The molecule has 0 radical (unpaired) electrons. The molecule has 2 nitrogen and oxygen atoms in total. The summed E-state index contributed by atoms with van der Waals surface area (Å²) in [6.45, 7) is 2.13. The molecule has 1 N–H and O–H groups in total. The molecule has 0 heterocycles. The van der Waals surface area contributed by atoms with Crippen molar-refractivity contribution in [1.82, 2.24) is 0 Å². The van der Waals surface area contributed by atoms with Crippen LogP contribution in [0.25, 0.3) is 0 Å². The van der Waals surface area contributed by atoms with Gasteiger partial charge in [-0.15, -0.1) is 0 Å². The Morgan fingerprint density at radius 2 is 2.38 bits per heavy atom. The van der Waals surface area contributed by atoms with Gasteiger partial charge in [0.1, 0.15) is 0 Å². The van der Waals surface area contributed by atoms with E-state index in [-0.39, 0.29) is 0 Å². The molecule has 1 aromatic rings. The Labute approximate surface area is 87.2 Å². The molecule has 0 fully saturated rings. The molecule has 0 aliphatic heterocycles. The first-order valence-corrected chi connectivity index (χ1v) is 5.15. The van der Waals surface area contributed by atoms with Crippen LogP contribution in [0.5, 0.6) is 0 Å². The largest absolute Gasteiger partial charge is 0.279 e. The van der Waals surface area contributed by atoms with Gasteiger partial charge in [-0.3, -0.25) is 5.43 Å². The van der Waals surface area contributed by atoms with Crippen LogP contribution < -0.4 is 5.43 Å². The van der Waals surface area contributed by atoms with Gasteiger partial charge in [-0.1, -0.05) is 35.3 Å². The van der Waals surface area contributed by atoms with Crippen LogP contribution in [0.3, 0.4) is 0 Å². The van der Waals surface area contributed by atoms with E-state index in [1.54, 1.807) is 0 Å². The number of unbranched alkanes of at least 4 members (excludes halogenated alkanes) is 1. The molecule has 0 saturated carbocycles. The van der Waals surface area contributed by atoms with Crippen LogP contribution in [0.1, 0.15) is 19.8 Å². The van der Waals surface area contributed by atoms with Crippen LogP contribution in [0.4, 0.5) is 5.69 Å². The Morgan fingerprint density at radius 1 is 1.54 bits per heavy atom. The molecular weight excluding hydrogens is 228 g/mol. The summed E-state index contributed by atoms with van der Waals surface area (Å²) in [5.74, 6) is 0. The summed E-state index contributed by atoms with van der Waals surface area (Å²) in [4.78, 5) is 0. The van der Waals surface area contributed by atoms with Crippen molar-refractivity contribution >= 4 is 27.8 Å². The van der Waals surface area contributed by atoms with Crippen molar-refractivity contribution in [2.75, 3.05) is 5.43 Å². The number of benzene rings is 1. The van der Waals surface area contributed by atoms with Gasteiger partial charge >= 0.3 is 0 Å². The third kappa shape index (κ3) is 4.08. The predicted octanol–water partition coefficient (Wildman–Crippen LogP) is 3.65. The van der Waals surface area contributed by atoms with Gasteiger partial charge in [-0.05, 0) is 24.6 Å². The standard InChI is InChI=1S/C10H13BrN2/c1-2-3-7-12-13-10-6-4-5-9(11)8-10/h4-8,13H,2-3H2,1H3. The lowest BCUT2D eigenvalue weighted by molar-refractivity contribution is 1.00. The Bertz CT molecular complexity index is 284. The Kier molecular flexibility index (Phi) is 4.54. The average molecular weight is 241 g/mol. The number of anilines is 1. The minimum Gasteiger partial charge on any atom is -0.279 e. The lowest BCUT2D eigenvalue weighted by Gasteiger charge is -1.99. The van der Waals surface area contributed by atoms with E-state index in [0.717, 1.165) is 23.0 Å². The summed E-state index contributed by atoms with van der Waals surface area (Å²) in [6, 6.07) is 7.93. The van der Waals surface area contributed by atoms with Gasteiger partial charge in [0.15, 0.2) is 0 Å². The first-order chi connectivity index (χ1) is 6.33. The summed E-state index contributed by atoms with van der Waals surface area (Å²) >= 11 is 3.39. The highest BCUT2D eigenvalue weighted by Crippen LogP contribution is 2.15. The van der Waals surface area contributed by atoms with Crippen LogP contribution in [0, 0.1) is 0 Å². The minimum atomic E-state index is 1.00. The highest BCUT2D eigenvalue weighted by atomic mass is 79.9. The van der Waals surface area contributed by atoms with Crippen molar-refractivity contribution in [2.24, 2.45) is 5.10 Å². The summed E-state index contributed by atoms with van der Waals surface area (Å²) < 4.78 is 1.06. The van der Waals surface area contributed by atoms with Gasteiger partial charge in [0.05, 0.1) is 5.69 Å². The number of hydrogen-bond acceptors (Lipinski definition) is 2. The van der Waals surface area contributed by atoms with Crippen LogP contribution in [0.15, 0.2) is 33.8 Å². The molecule has 0 aromatic heterocycles. The Hall–Kier alpha value is -0.830. The van der Waals surface area contributed by atoms with Crippen LogP contribution in [0.2, 0.25) is 0 Å². The first-order valence-electron chi connectivity index (χ1n) is 4.36. The third-order valence-electron chi connectivity index (χ3n) is 1.53. The van der Waals surface area contributed by atoms with Crippen molar-refractivity contribution in [2.45, 2.75) is 19.8 Å². The molecular formula is C10H13BrN2. The first kappa shape index (κ1) is 10.3. The molecule has 0 atom stereocenters. The Balaban J connectivity index is 2.45. The molecule has 3 heteroatoms. The molecule has 0 spiro atoms. The zero-order valence-electron chi connectivity index (χ0n) is 7.63. The quantitative estimate of drug-likeness (QED) is 0.631. The summed E-state index contributed by atoms with van der Waals surface area (Å²) in [7, 11) is 0. The normalized spacial score (nSPS) is 10.6. The van der Waals surface area contributed by atoms with E-state index in [0.29, 0.717) is 0 Å². The second-order valence-electron chi connectivity index (χ2n) is 2.72. The van der Waals surface area contributed by atoms with Gasteiger partial charge in [-0.2, -0.15) is 5.10 Å². The SMILES string of the molecule is CCCC=NNc1cccc(Br)c1. The van der Waals surface area contributed by atoms with Gasteiger partial charge < -0.3 is 0 Å². The molecule has 0 unspecified atom stereocenters. The van der Waals surface area contributed by atoms with Crippen molar-refractivity contribution in [3.63, 3.8) is 0 Å². The van der Waals surface area contributed by atoms with Crippen LogP contribution in [-0.4, -0.2) is 6.21 Å². The van der Waals surface area contributed by atoms with Crippen LogP contribution in [-0.2, 0) is 0 Å². The van der Waals surface area contributed by atoms with Crippen molar-refractivity contribution in [1.29, 1.82) is 0 Å². The number of halogens is 1. The number of nitrogens with one attached hydrogen (secondary N) is 1. The fourth-order valence-corrected chi connectivity index (χ4v) is 1.27. The molecule has 0 aliphatic carbocycles. The van der Waals surface area contributed by atoms with Gasteiger partial charge in [-0.25, -0.2) is 0 Å². The number of rotatable bonds is 4. The zero-order chi connectivity index (χ0) is 9.52. The van der Waals surface area contributed by atoms with Gasteiger partial charge in [0.2, 0.25) is 0 Å². The van der Waals surface area contributed by atoms with Crippen LogP contribution >= 0.6 is 15.9 Å². The van der Waals surface area contributed by atoms with E-state index in [2.05, 4.69) is 33.4 Å². The molecule has 1 rings (SSSR count). The number of hydrogen-bond donors (Lipinski definition) is 1. The van der Waals surface area contributed by atoms with E-state index in [4.69, 9.17) is 0 Å².